The largest absolute Gasteiger partial charge is 0.285 e. The number of hydrogen-bond acceptors (Lipinski definition) is 2. The molecule has 0 radical (unpaired) electrons. The van der Waals surface area contributed by atoms with Crippen molar-refractivity contribution in [2.24, 2.45) is 0 Å². The zero-order valence-corrected chi connectivity index (χ0v) is 12.8. The van der Waals surface area contributed by atoms with Crippen LogP contribution in [0.4, 0.5) is 0 Å². The molecule has 3 rings (SSSR count). The van der Waals surface area contributed by atoms with Crippen LogP contribution in [-0.2, 0) is 5.41 Å². The van der Waals surface area contributed by atoms with E-state index in [1.165, 1.54) is 0 Å². The van der Waals surface area contributed by atoms with Crippen LogP contribution >= 0.6 is 0 Å². The molecule has 0 heterocycles. The number of carbonyl (C=O) groups excluding carboxylic acids is 2. The van der Waals surface area contributed by atoms with Crippen molar-refractivity contribution in [3.05, 3.63) is 58.7 Å². The zero-order chi connectivity index (χ0) is 15.4. The second-order valence-corrected chi connectivity index (χ2v) is 6.72. The smallest absolute Gasteiger partial charge is 0.234 e. The Bertz CT molecular complexity index is 777. The van der Waals surface area contributed by atoms with Gasteiger partial charge in [-0.2, -0.15) is 0 Å². The number of ketones is 2. The molecule has 2 nitrogen and oxygen atoms in total. The fourth-order valence-corrected chi connectivity index (χ4v) is 2.76. The minimum absolute atomic E-state index is 0.0497. The van der Waals surface area contributed by atoms with Crippen LogP contribution in [0.2, 0.25) is 0 Å². The van der Waals surface area contributed by atoms with Crippen LogP contribution in [0.15, 0.2) is 36.4 Å². The van der Waals surface area contributed by atoms with E-state index in [4.69, 9.17) is 0 Å². The Balaban J connectivity index is 2.29. The molecule has 0 aliphatic heterocycles. The van der Waals surface area contributed by atoms with E-state index < -0.39 is 11.6 Å². The molecule has 2 aromatic carbocycles. The predicted molar refractivity (Wildman–Crippen MR) is 84.0 cm³/mol. The molecule has 2 aromatic rings. The average molecular weight is 278 g/mol. The molecule has 0 N–H and O–H groups in total. The molecule has 0 saturated carbocycles. The van der Waals surface area contributed by atoms with Crippen molar-refractivity contribution in [2.75, 3.05) is 0 Å². The van der Waals surface area contributed by atoms with Gasteiger partial charge in [-0.25, -0.2) is 0 Å². The lowest BCUT2D eigenvalue weighted by atomic mass is 9.79. The number of Topliss-reactive ketones (excluding diaryl/α,β-unsaturated/α-hetero) is 2. The van der Waals surface area contributed by atoms with Gasteiger partial charge < -0.3 is 0 Å². The van der Waals surface area contributed by atoms with Crippen LogP contribution < -0.4 is 0 Å². The molecule has 0 atom stereocenters. The standard InChI is InChI=1S/C19H18O2/c1-11-5-7-13-14-8-6-12(19(2,3)4)10-16(14)18(21)17(20)15(13)9-11/h5-10H,1-4H3. The van der Waals surface area contributed by atoms with Gasteiger partial charge in [0.1, 0.15) is 0 Å². The van der Waals surface area contributed by atoms with Crippen molar-refractivity contribution in [1.29, 1.82) is 0 Å². The number of benzene rings is 2. The predicted octanol–water partition coefficient (Wildman–Crippen LogP) is 4.34. The fraction of sp³-hybridized carbons (Fsp3) is 0.263. The summed E-state index contributed by atoms with van der Waals surface area (Å²) < 4.78 is 0. The molecule has 0 amide bonds. The first-order valence-corrected chi connectivity index (χ1v) is 7.13. The van der Waals surface area contributed by atoms with Gasteiger partial charge in [0.2, 0.25) is 11.6 Å². The topological polar surface area (TPSA) is 34.1 Å². The van der Waals surface area contributed by atoms with Gasteiger partial charge in [-0.15, -0.1) is 0 Å². The van der Waals surface area contributed by atoms with Crippen molar-refractivity contribution in [3.8, 4) is 11.1 Å². The third-order valence-electron chi connectivity index (χ3n) is 4.05. The highest BCUT2D eigenvalue weighted by atomic mass is 16.2. The third kappa shape index (κ3) is 2.11. The lowest BCUT2D eigenvalue weighted by molar-refractivity contribution is 0.0815. The normalized spacial score (nSPS) is 13.9. The molecule has 2 heteroatoms. The van der Waals surface area contributed by atoms with Crippen molar-refractivity contribution in [1.82, 2.24) is 0 Å². The van der Waals surface area contributed by atoms with Crippen LogP contribution in [0.1, 0.15) is 52.6 Å². The third-order valence-corrected chi connectivity index (χ3v) is 4.05. The maximum absolute atomic E-state index is 12.4. The van der Waals surface area contributed by atoms with E-state index >= 15 is 0 Å². The molecule has 1 aliphatic rings. The molecule has 106 valence electrons. The summed E-state index contributed by atoms with van der Waals surface area (Å²) in [5.41, 5.74) is 4.79. The Morgan fingerprint density at radius 3 is 1.81 bits per heavy atom. The summed E-state index contributed by atoms with van der Waals surface area (Å²) in [5.74, 6) is -0.790. The highest BCUT2D eigenvalue weighted by Crippen LogP contribution is 2.36. The minimum Gasteiger partial charge on any atom is -0.285 e. The van der Waals surface area contributed by atoms with E-state index in [1.54, 1.807) is 6.07 Å². The SMILES string of the molecule is Cc1ccc2c(c1)C(=O)C(=O)c1cc(C(C)(C)C)ccc1-2. The molecular formula is C19H18O2. The van der Waals surface area contributed by atoms with E-state index in [2.05, 4.69) is 20.8 Å². The number of fused-ring (bicyclic) bond motifs is 3. The first kappa shape index (κ1) is 13.7. The van der Waals surface area contributed by atoms with E-state index in [9.17, 15) is 9.59 Å². The Labute approximate surface area is 124 Å². The highest BCUT2D eigenvalue weighted by molar-refractivity contribution is 6.53. The monoisotopic (exact) mass is 278 g/mol. The summed E-state index contributed by atoms with van der Waals surface area (Å²) in [6.07, 6.45) is 0. The van der Waals surface area contributed by atoms with E-state index in [1.807, 2.05) is 37.3 Å². The fourth-order valence-electron chi connectivity index (χ4n) is 2.76. The van der Waals surface area contributed by atoms with E-state index in [-0.39, 0.29) is 5.41 Å². The quantitative estimate of drug-likeness (QED) is 0.672. The molecule has 0 unspecified atom stereocenters. The van der Waals surface area contributed by atoms with E-state index in [0.29, 0.717) is 11.1 Å². The van der Waals surface area contributed by atoms with Gasteiger partial charge in [-0.3, -0.25) is 9.59 Å². The number of carbonyl (C=O) groups is 2. The Morgan fingerprint density at radius 1 is 0.714 bits per heavy atom. The van der Waals surface area contributed by atoms with Crippen molar-refractivity contribution in [3.63, 3.8) is 0 Å². The second-order valence-electron chi connectivity index (χ2n) is 6.72. The van der Waals surface area contributed by atoms with Gasteiger partial charge >= 0.3 is 0 Å². The number of aryl methyl sites for hydroxylation is 1. The van der Waals surface area contributed by atoms with Crippen LogP contribution in [0.3, 0.4) is 0 Å². The van der Waals surface area contributed by atoms with E-state index in [0.717, 1.165) is 22.3 Å². The number of hydrogen-bond donors (Lipinski definition) is 0. The van der Waals surface area contributed by atoms with Gasteiger partial charge in [0, 0.05) is 11.1 Å². The summed E-state index contributed by atoms with van der Waals surface area (Å²) in [5, 5.41) is 0. The molecule has 0 saturated heterocycles. The van der Waals surface area contributed by atoms with Gasteiger partial charge in [-0.05, 0) is 41.2 Å². The summed E-state index contributed by atoms with van der Waals surface area (Å²) >= 11 is 0. The maximum atomic E-state index is 12.4. The minimum atomic E-state index is -0.396. The van der Waals surface area contributed by atoms with Crippen LogP contribution in [0, 0.1) is 6.92 Å². The first-order valence-electron chi connectivity index (χ1n) is 7.13. The first-order chi connectivity index (χ1) is 9.79. The van der Waals surface area contributed by atoms with Crippen molar-refractivity contribution < 1.29 is 9.59 Å². The molecule has 0 aromatic heterocycles. The molecule has 0 fully saturated rings. The lowest BCUT2D eigenvalue weighted by Crippen LogP contribution is -2.22. The van der Waals surface area contributed by atoms with Crippen LogP contribution in [-0.4, -0.2) is 11.6 Å². The van der Waals surface area contributed by atoms with Crippen LogP contribution in [0.25, 0.3) is 11.1 Å². The van der Waals surface area contributed by atoms with Crippen molar-refractivity contribution >= 4 is 11.6 Å². The highest BCUT2D eigenvalue weighted by Gasteiger charge is 2.31. The summed E-state index contributed by atoms with van der Waals surface area (Å²) in [4.78, 5) is 24.8. The van der Waals surface area contributed by atoms with Gasteiger partial charge in [0.15, 0.2) is 0 Å². The Kier molecular flexibility index (Phi) is 2.87. The lowest BCUT2D eigenvalue weighted by Gasteiger charge is -2.23. The molecule has 1 aliphatic carbocycles. The number of rotatable bonds is 0. The Hall–Kier alpha value is -2.22. The molecule has 0 spiro atoms. The Morgan fingerprint density at radius 2 is 1.24 bits per heavy atom. The average Bonchev–Trinajstić information content (AvgIpc) is 2.43. The second kappa shape index (κ2) is 4.39. The molecular weight excluding hydrogens is 260 g/mol. The van der Waals surface area contributed by atoms with Crippen LogP contribution in [0.5, 0.6) is 0 Å². The van der Waals surface area contributed by atoms with Gasteiger partial charge in [-0.1, -0.05) is 50.6 Å². The molecule has 21 heavy (non-hydrogen) atoms. The van der Waals surface area contributed by atoms with Gasteiger partial charge in [0.05, 0.1) is 0 Å². The summed E-state index contributed by atoms with van der Waals surface area (Å²) in [7, 11) is 0. The summed E-state index contributed by atoms with van der Waals surface area (Å²) in [6.45, 7) is 8.22. The maximum Gasteiger partial charge on any atom is 0.234 e. The molecule has 0 bridgehead atoms. The van der Waals surface area contributed by atoms with Crippen molar-refractivity contribution in [2.45, 2.75) is 33.1 Å². The zero-order valence-electron chi connectivity index (χ0n) is 12.8. The van der Waals surface area contributed by atoms with Gasteiger partial charge in [0.25, 0.3) is 0 Å². The summed E-state index contributed by atoms with van der Waals surface area (Å²) in [6, 6.07) is 11.6.